The lowest BCUT2D eigenvalue weighted by Crippen LogP contribution is -1.76. The Morgan fingerprint density at radius 3 is 1.50 bits per heavy atom. The minimum atomic E-state index is 1.33. The molecule has 10 heavy (non-hydrogen) atoms. The molecule has 0 aromatic heterocycles. The molecule has 0 spiro atoms. The summed E-state index contributed by atoms with van der Waals surface area (Å²) in [6, 6.07) is 0. The Morgan fingerprint density at radius 2 is 1.10 bits per heavy atom. The lowest BCUT2D eigenvalue weighted by molar-refractivity contribution is 1.37. The topological polar surface area (TPSA) is 0 Å². The molecule has 0 heterocycles. The van der Waals surface area contributed by atoms with Crippen LogP contribution in [0.5, 0.6) is 0 Å². The molecule has 0 aromatic carbocycles. The zero-order valence-electron chi connectivity index (χ0n) is 6.46. The zero-order chi connectivity index (χ0) is 7.40. The van der Waals surface area contributed by atoms with Gasteiger partial charge in [-0.25, -0.2) is 0 Å². The quantitative estimate of drug-likeness (QED) is 0.475. The third kappa shape index (κ3) is 1.73. The van der Waals surface area contributed by atoms with E-state index in [1.165, 1.54) is 11.1 Å². The van der Waals surface area contributed by atoms with Gasteiger partial charge in [0, 0.05) is 0 Å². The van der Waals surface area contributed by atoms with Gasteiger partial charge in [0.15, 0.2) is 0 Å². The van der Waals surface area contributed by atoms with Gasteiger partial charge in [0.05, 0.1) is 0 Å². The first-order valence-electron chi connectivity index (χ1n) is 3.49. The Labute approximate surface area is 62.3 Å². The predicted molar refractivity (Wildman–Crippen MR) is 45.8 cm³/mol. The summed E-state index contributed by atoms with van der Waals surface area (Å²) in [5.41, 5.74) is 2.67. The van der Waals surface area contributed by atoms with E-state index in [0.717, 1.165) is 0 Å². The summed E-state index contributed by atoms with van der Waals surface area (Å²) < 4.78 is 0. The monoisotopic (exact) mass is 132 g/mol. The summed E-state index contributed by atoms with van der Waals surface area (Å²) >= 11 is 0. The first kappa shape index (κ1) is 7.07. The fourth-order valence-electron chi connectivity index (χ4n) is 0.791. The smallest absolute Gasteiger partial charge is 0.0395 e. The van der Waals surface area contributed by atoms with Crippen LogP contribution in [0.3, 0.4) is 0 Å². The first-order chi connectivity index (χ1) is 4.80. The Kier molecular flexibility index (Phi) is 2.27. The van der Waals surface area contributed by atoms with Gasteiger partial charge in [-0.1, -0.05) is 36.5 Å². The summed E-state index contributed by atoms with van der Waals surface area (Å²) in [5.74, 6) is 0. The highest BCUT2D eigenvalue weighted by molar-refractivity contribution is 5.35. The zero-order valence-corrected chi connectivity index (χ0v) is 6.46. The van der Waals surface area contributed by atoms with Gasteiger partial charge in [0.2, 0.25) is 0 Å². The van der Waals surface area contributed by atoms with Crippen molar-refractivity contribution in [3.8, 4) is 0 Å². The van der Waals surface area contributed by atoms with Crippen LogP contribution in [0.4, 0.5) is 0 Å². The van der Waals surface area contributed by atoms with Crippen LogP contribution in [0.1, 0.15) is 13.8 Å². The highest BCUT2D eigenvalue weighted by atomic mass is 13.9. The molecule has 0 N–H and O–H groups in total. The molecule has 0 unspecified atom stereocenters. The third-order valence-electron chi connectivity index (χ3n) is 1.65. The van der Waals surface area contributed by atoms with Crippen LogP contribution >= 0.6 is 0 Å². The molecule has 0 radical (unpaired) electrons. The van der Waals surface area contributed by atoms with E-state index in [1.807, 2.05) is 12.2 Å². The van der Waals surface area contributed by atoms with Crippen molar-refractivity contribution in [2.24, 2.45) is 0 Å². The van der Waals surface area contributed by atoms with E-state index in [9.17, 15) is 0 Å². The fraction of sp³-hybridized carbons (Fsp3) is 0.200. The molecule has 0 saturated heterocycles. The van der Waals surface area contributed by atoms with Crippen molar-refractivity contribution < 1.29 is 0 Å². The molecular formula is C10H12. The summed E-state index contributed by atoms with van der Waals surface area (Å²) in [4.78, 5) is 0. The number of hydrogen-bond acceptors (Lipinski definition) is 0. The van der Waals surface area contributed by atoms with E-state index >= 15 is 0 Å². The van der Waals surface area contributed by atoms with Gasteiger partial charge in [-0.15, -0.1) is 0 Å². The standard InChI is InChI=1S/C10H12/c1-9-7-5-3-4-6-8-10(9)2/h3-8H,1-2H3/b4-3+,5-3?,6-4?,7-5-,8-6-,9-7?,10-8?,10-9+. The van der Waals surface area contributed by atoms with Gasteiger partial charge < -0.3 is 0 Å². The van der Waals surface area contributed by atoms with Crippen molar-refractivity contribution in [3.63, 3.8) is 0 Å². The molecule has 0 saturated carbocycles. The SMILES string of the molecule is CC1=C(C)\C=C/C=C/C=C\1. The molecule has 0 nitrogen and oxygen atoms in total. The maximum atomic E-state index is 2.12. The molecular weight excluding hydrogens is 120 g/mol. The van der Waals surface area contributed by atoms with E-state index in [0.29, 0.717) is 0 Å². The minimum absolute atomic E-state index is 1.33. The Bertz CT molecular complexity index is 200. The molecule has 0 fully saturated rings. The average molecular weight is 132 g/mol. The van der Waals surface area contributed by atoms with Crippen LogP contribution < -0.4 is 0 Å². The van der Waals surface area contributed by atoms with Crippen LogP contribution in [0.15, 0.2) is 47.6 Å². The van der Waals surface area contributed by atoms with Crippen molar-refractivity contribution in [1.29, 1.82) is 0 Å². The van der Waals surface area contributed by atoms with E-state index in [2.05, 4.69) is 38.2 Å². The Balaban J connectivity index is 2.93. The second kappa shape index (κ2) is 3.21. The molecule has 0 bridgehead atoms. The summed E-state index contributed by atoms with van der Waals surface area (Å²) in [6.07, 6.45) is 12.4. The predicted octanol–water partition coefficient (Wildman–Crippen LogP) is 3.01. The minimum Gasteiger partial charge on any atom is -0.0623 e. The Morgan fingerprint density at radius 1 is 0.700 bits per heavy atom. The van der Waals surface area contributed by atoms with Crippen molar-refractivity contribution in [2.75, 3.05) is 0 Å². The molecule has 52 valence electrons. The molecule has 0 amide bonds. The van der Waals surface area contributed by atoms with Crippen molar-refractivity contribution in [3.05, 3.63) is 47.6 Å². The molecule has 0 aliphatic heterocycles. The molecule has 0 heteroatoms. The second-order valence-corrected chi connectivity index (χ2v) is 2.47. The van der Waals surface area contributed by atoms with Gasteiger partial charge in [-0.3, -0.25) is 0 Å². The van der Waals surface area contributed by atoms with E-state index in [-0.39, 0.29) is 0 Å². The summed E-state index contributed by atoms with van der Waals surface area (Å²) in [6.45, 7) is 4.24. The van der Waals surface area contributed by atoms with Crippen LogP contribution in [-0.2, 0) is 0 Å². The van der Waals surface area contributed by atoms with Crippen LogP contribution in [-0.4, -0.2) is 0 Å². The molecule has 1 rings (SSSR count). The van der Waals surface area contributed by atoms with E-state index < -0.39 is 0 Å². The highest BCUT2D eigenvalue weighted by Crippen LogP contribution is 2.08. The largest absolute Gasteiger partial charge is 0.0623 e. The molecule has 1 aliphatic rings. The lowest BCUT2D eigenvalue weighted by Gasteiger charge is -1.97. The summed E-state index contributed by atoms with van der Waals surface area (Å²) in [5, 5.41) is 0. The van der Waals surface area contributed by atoms with Gasteiger partial charge in [0.1, 0.15) is 0 Å². The van der Waals surface area contributed by atoms with Crippen molar-refractivity contribution in [2.45, 2.75) is 13.8 Å². The maximum absolute atomic E-state index is 2.12. The van der Waals surface area contributed by atoms with Crippen LogP contribution in [0.25, 0.3) is 0 Å². The van der Waals surface area contributed by atoms with Gasteiger partial charge in [-0.05, 0) is 25.0 Å². The van der Waals surface area contributed by atoms with E-state index in [1.54, 1.807) is 0 Å². The van der Waals surface area contributed by atoms with Crippen LogP contribution in [0, 0.1) is 0 Å². The van der Waals surface area contributed by atoms with Gasteiger partial charge in [-0.2, -0.15) is 0 Å². The third-order valence-corrected chi connectivity index (χ3v) is 1.65. The van der Waals surface area contributed by atoms with Crippen molar-refractivity contribution >= 4 is 0 Å². The average Bonchev–Trinajstić information content (AvgIpc) is 1.92. The van der Waals surface area contributed by atoms with Gasteiger partial charge in [0.25, 0.3) is 0 Å². The first-order valence-corrected chi connectivity index (χ1v) is 3.49. The second-order valence-electron chi connectivity index (χ2n) is 2.47. The lowest BCUT2D eigenvalue weighted by atomic mass is 10.1. The number of allylic oxidation sites excluding steroid dienone is 8. The fourth-order valence-corrected chi connectivity index (χ4v) is 0.791. The molecule has 1 aliphatic carbocycles. The van der Waals surface area contributed by atoms with Crippen LogP contribution in [0.2, 0.25) is 0 Å². The number of hydrogen-bond donors (Lipinski definition) is 0. The molecule has 0 aromatic rings. The molecule has 0 atom stereocenters. The normalized spacial score (nSPS) is 34.2. The highest BCUT2D eigenvalue weighted by Gasteiger charge is 1.87. The Hall–Kier alpha value is -1.04. The van der Waals surface area contributed by atoms with E-state index in [4.69, 9.17) is 0 Å². The van der Waals surface area contributed by atoms with Gasteiger partial charge >= 0.3 is 0 Å². The maximum Gasteiger partial charge on any atom is -0.0395 e. The summed E-state index contributed by atoms with van der Waals surface area (Å²) in [7, 11) is 0. The van der Waals surface area contributed by atoms with Crippen molar-refractivity contribution in [1.82, 2.24) is 0 Å². The number of rotatable bonds is 0.